The van der Waals surface area contributed by atoms with Crippen LogP contribution in [-0.4, -0.2) is 28.6 Å². The smallest absolute Gasteiger partial charge is 0.253 e. The molecule has 5 nitrogen and oxygen atoms in total. The van der Waals surface area contributed by atoms with Crippen LogP contribution >= 0.6 is 0 Å². The van der Waals surface area contributed by atoms with Crippen LogP contribution in [0, 0.1) is 5.92 Å². The first-order chi connectivity index (χ1) is 10.1. The van der Waals surface area contributed by atoms with Crippen LogP contribution in [0.4, 0.5) is 5.69 Å². The summed E-state index contributed by atoms with van der Waals surface area (Å²) < 4.78 is 0. The molecular weight excluding hydrogens is 266 g/mol. The lowest BCUT2D eigenvalue weighted by Gasteiger charge is -2.25. The summed E-state index contributed by atoms with van der Waals surface area (Å²) in [6.07, 6.45) is 5.28. The van der Waals surface area contributed by atoms with Crippen molar-refractivity contribution >= 4 is 22.5 Å². The van der Waals surface area contributed by atoms with Crippen molar-refractivity contribution in [3.05, 3.63) is 30.0 Å². The molecule has 1 amide bonds. The number of fused-ring (bicyclic) bond motifs is 1. The van der Waals surface area contributed by atoms with Crippen molar-refractivity contribution in [1.29, 1.82) is 0 Å². The van der Waals surface area contributed by atoms with Crippen LogP contribution in [0.25, 0.3) is 10.9 Å². The van der Waals surface area contributed by atoms with Crippen LogP contribution in [0.1, 0.15) is 36.0 Å². The molecule has 5 N–H and O–H groups in total. The summed E-state index contributed by atoms with van der Waals surface area (Å²) in [5.41, 5.74) is 7.92. The number of aromatic nitrogens is 1. The average Bonchev–Trinajstić information content (AvgIpc) is 2.88. The Labute approximate surface area is 123 Å². The molecule has 1 heterocycles. The first-order valence-electron chi connectivity index (χ1n) is 7.46. The zero-order chi connectivity index (χ0) is 14.8. The number of anilines is 1. The minimum absolute atomic E-state index is 0.0777. The van der Waals surface area contributed by atoms with Gasteiger partial charge in [-0.25, -0.2) is 0 Å². The monoisotopic (exact) mass is 287 g/mol. The van der Waals surface area contributed by atoms with Gasteiger partial charge in [0.2, 0.25) is 0 Å². The van der Waals surface area contributed by atoms with E-state index in [9.17, 15) is 9.90 Å². The van der Waals surface area contributed by atoms with Gasteiger partial charge in [-0.3, -0.25) is 4.79 Å². The molecule has 21 heavy (non-hydrogen) atoms. The van der Waals surface area contributed by atoms with Gasteiger partial charge >= 0.3 is 0 Å². The quantitative estimate of drug-likeness (QED) is 0.651. The second kappa shape index (κ2) is 5.77. The van der Waals surface area contributed by atoms with Gasteiger partial charge in [-0.15, -0.1) is 0 Å². The van der Waals surface area contributed by atoms with Gasteiger partial charge in [0.15, 0.2) is 0 Å². The van der Waals surface area contributed by atoms with E-state index in [1.54, 1.807) is 12.3 Å². The third kappa shape index (κ3) is 3.03. The number of aliphatic hydroxyl groups is 1. The molecule has 2 aromatic rings. The Bertz CT molecular complexity index is 650. The third-order valence-corrected chi connectivity index (χ3v) is 4.26. The van der Waals surface area contributed by atoms with Crippen LogP contribution in [0.5, 0.6) is 0 Å². The number of aromatic amines is 1. The Kier molecular flexibility index (Phi) is 3.84. The number of nitrogens with one attached hydrogen (secondary N) is 2. The van der Waals surface area contributed by atoms with Crippen LogP contribution in [-0.2, 0) is 0 Å². The lowest BCUT2D eigenvalue weighted by atomic mass is 9.87. The zero-order valence-electron chi connectivity index (χ0n) is 11.9. The summed E-state index contributed by atoms with van der Waals surface area (Å²) in [6.45, 7) is 0.623. The van der Waals surface area contributed by atoms with E-state index in [-0.39, 0.29) is 12.0 Å². The maximum absolute atomic E-state index is 12.3. The van der Waals surface area contributed by atoms with Crippen molar-refractivity contribution in [1.82, 2.24) is 10.3 Å². The van der Waals surface area contributed by atoms with Crippen LogP contribution in [0.3, 0.4) is 0 Å². The minimum atomic E-state index is -0.211. The number of H-pyrrole nitrogens is 1. The van der Waals surface area contributed by atoms with E-state index in [0.29, 0.717) is 23.7 Å². The molecule has 0 aliphatic heterocycles. The molecule has 0 spiro atoms. The molecule has 0 saturated heterocycles. The molecular formula is C16H21N3O2. The van der Waals surface area contributed by atoms with Crippen molar-refractivity contribution in [2.24, 2.45) is 5.92 Å². The van der Waals surface area contributed by atoms with E-state index < -0.39 is 0 Å². The summed E-state index contributed by atoms with van der Waals surface area (Å²) in [6, 6.07) is 5.48. The fourth-order valence-corrected chi connectivity index (χ4v) is 3.11. The fraction of sp³-hybridized carbons (Fsp3) is 0.438. The summed E-state index contributed by atoms with van der Waals surface area (Å²) in [7, 11) is 0. The van der Waals surface area contributed by atoms with E-state index in [0.717, 1.165) is 36.6 Å². The zero-order valence-corrected chi connectivity index (χ0v) is 11.9. The SMILES string of the molecule is Nc1ccc2c(C(=O)NCC3CCCC(O)C3)c[nH]c2c1. The number of aliphatic hydroxyl groups excluding tert-OH is 1. The number of carbonyl (C=O) groups is 1. The van der Waals surface area contributed by atoms with Crippen molar-refractivity contribution in [2.75, 3.05) is 12.3 Å². The van der Waals surface area contributed by atoms with E-state index in [2.05, 4.69) is 10.3 Å². The molecule has 2 unspecified atom stereocenters. The van der Waals surface area contributed by atoms with Crippen LogP contribution in [0.15, 0.2) is 24.4 Å². The first kappa shape index (κ1) is 13.9. The number of amides is 1. The van der Waals surface area contributed by atoms with Gasteiger partial charge in [0.05, 0.1) is 11.7 Å². The van der Waals surface area contributed by atoms with Gasteiger partial charge < -0.3 is 21.1 Å². The first-order valence-corrected chi connectivity index (χ1v) is 7.46. The Balaban J connectivity index is 1.67. The molecule has 112 valence electrons. The summed E-state index contributed by atoms with van der Waals surface area (Å²) in [5.74, 6) is 0.296. The number of benzene rings is 1. The predicted molar refractivity (Wildman–Crippen MR) is 83.0 cm³/mol. The molecule has 1 fully saturated rings. The highest BCUT2D eigenvalue weighted by Gasteiger charge is 2.21. The summed E-state index contributed by atoms with van der Waals surface area (Å²) in [4.78, 5) is 15.4. The number of nitrogen functional groups attached to an aromatic ring is 1. The van der Waals surface area contributed by atoms with Gasteiger partial charge in [-0.05, 0) is 43.4 Å². The molecule has 0 bridgehead atoms. The molecule has 3 rings (SSSR count). The van der Waals surface area contributed by atoms with Gasteiger partial charge in [0.1, 0.15) is 0 Å². The number of hydrogen-bond donors (Lipinski definition) is 4. The summed E-state index contributed by atoms with van der Waals surface area (Å²) >= 11 is 0. The highest BCUT2D eigenvalue weighted by atomic mass is 16.3. The molecule has 1 aliphatic carbocycles. The number of hydrogen-bond acceptors (Lipinski definition) is 3. The molecule has 5 heteroatoms. The van der Waals surface area contributed by atoms with E-state index in [4.69, 9.17) is 5.73 Å². The molecule has 1 saturated carbocycles. The largest absolute Gasteiger partial charge is 0.399 e. The second-order valence-corrected chi connectivity index (χ2v) is 5.90. The third-order valence-electron chi connectivity index (χ3n) is 4.26. The number of nitrogens with two attached hydrogens (primary N) is 1. The molecule has 1 aliphatic rings. The maximum Gasteiger partial charge on any atom is 0.253 e. The van der Waals surface area contributed by atoms with Gasteiger partial charge in [-0.1, -0.05) is 6.42 Å². The van der Waals surface area contributed by atoms with Crippen molar-refractivity contribution < 1.29 is 9.90 Å². The second-order valence-electron chi connectivity index (χ2n) is 5.90. The lowest BCUT2D eigenvalue weighted by molar-refractivity contribution is 0.0875. The van der Waals surface area contributed by atoms with Crippen molar-refractivity contribution in [3.8, 4) is 0 Å². The predicted octanol–water partition coefficient (Wildman–Crippen LogP) is 2.03. The standard InChI is InChI=1S/C16H21N3O2/c17-11-4-5-13-14(9-18-15(13)7-11)16(21)19-8-10-2-1-3-12(20)6-10/h4-5,7,9-10,12,18,20H,1-3,6,8,17H2,(H,19,21). The molecule has 0 radical (unpaired) electrons. The lowest BCUT2D eigenvalue weighted by Crippen LogP contribution is -2.32. The Morgan fingerprint density at radius 2 is 2.29 bits per heavy atom. The minimum Gasteiger partial charge on any atom is -0.399 e. The maximum atomic E-state index is 12.3. The topological polar surface area (TPSA) is 91.1 Å². The normalized spacial score (nSPS) is 22.3. The Morgan fingerprint density at radius 1 is 1.43 bits per heavy atom. The summed E-state index contributed by atoms with van der Waals surface area (Å²) in [5, 5.41) is 13.5. The van der Waals surface area contributed by atoms with Crippen molar-refractivity contribution in [3.63, 3.8) is 0 Å². The Morgan fingerprint density at radius 3 is 3.10 bits per heavy atom. The van der Waals surface area contributed by atoms with E-state index in [1.807, 2.05) is 12.1 Å². The van der Waals surface area contributed by atoms with Crippen molar-refractivity contribution in [2.45, 2.75) is 31.8 Å². The fourth-order valence-electron chi connectivity index (χ4n) is 3.11. The van der Waals surface area contributed by atoms with Gasteiger partial charge in [-0.2, -0.15) is 0 Å². The van der Waals surface area contributed by atoms with E-state index in [1.165, 1.54) is 0 Å². The van der Waals surface area contributed by atoms with Gasteiger partial charge in [0.25, 0.3) is 5.91 Å². The molecule has 2 atom stereocenters. The average molecular weight is 287 g/mol. The van der Waals surface area contributed by atoms with E-state index >= 15 is 0 Å². The van der Waals surface area contributed by atoms with Crippen LogP contribution in [0.2, 0.25) is 0 Å². The molecule has 1 aromatic heterocycles. The molecule has 1 aromatic carbocycles. The Hall–Kier alpha value is -2.01. The van der Waals surface area contributed by atoms with Crippen LogP contribution < -0.4 is 11.1 Å². The van der Waals surface area contributed by atoms with Gasteiger partial charge in [0, 0.05) is 29.3 Å². The number of carbonyl (C=O) groups excluding carboxylic acids is 1. The number of rotatable bonds is 3. The highest BCUT2D eigenvalue weighted by Crippen LogP contribution is 2.24. The highest BCUT2D eigenvalue weighted by molar-refractivity contribution is 6.07.